The molecule has 2 rings (SSSR count). The number of benzene rings is 1. The summed E-state index contributed by atoms with van der Waals surface area (Å²) in [7, 11) is 0. The summed E-state index contributed by atoms with van der Waals surface area (Å²) in [4.78, 5) is 0. The van der Waals surface area contributed by atoms with Crippen molar-refractivity contribution in [3.8, 4) is 0 Å². The average Bonchev–Trinajstić information content (AvgIpc) is 2.46. The zero-order valence-corrected chi connectivity index (χ0v) is 10.9. The Balaban J connectivity index is 1.95. The molecule has 1 aliphatic rings. The van der Waals surface area contributed by atoms with E-state index in [4.69, 9.17) is 9.84 Å². The van der Waals surface area contributed by atoms with Crippen LogP contribution in [0.2, 0.25) is 0 Å². The van der Waals surface area contributed by atoms with Crippen molar-refractivity contribution < 1.29 is 29.6 Å². The van der Waals surface area contributed by atoms with Crippen LogP contribution in [0.3, 0.4) is 0 Å². The third-order valence-corrected chi connectivity index (χ3v) is 3.62. The molecule has 1 unspecified atom stereocenters. The van der Waals surface area contributed by atoms with E-state index in [1.54, 1.807) is 12.1 Å². The maximum absolute atomic E-state index is 12.8. The van der Waals surface area contributed by atoms with Gasteiger partial charge in [-0.1, -0.05) is 12.1 Å². The first-order valence-corrected chi connectivity index (χ1v) is 6.58. The van der Waals surface area contributed by atoms with E-state index >= 15 is 0 Å². The Bertz CT molecular complexity index is 422. The first-order valence-electron chi connectivity index (χ1n) is 6.58. The molecule has 4 N–H and O–H groups in total. The Hall–Kier alpha value is -1.05. The number of aryl methyl sites for hydroxylation is 1. The van der Waals surface area contributed by atoms with Gasteiger partial charge in [-0.2, -0.15) is 0 Å². The Kier molecular flexibility index (Phi) is 5.06. The summed E-state index contributed by atoms with van der Waals surface area (Å²) in [6.07, 6.45) is -4.54. The molecule has 0 amide bonds. The summed E-state index contributed by atoms with van der Waals surface area (Å²) < 4.78 is 18.2. The summed E-state index contributed by atoms with van der Waals surface area (Å²) >= 11 is 0. The smallest absolute Gasteiger partial charge is 0.123 e. The number of hydrogen-bond donors (Lipinski definition) is 4. The molecule has 1 aliphatic heterocycles. The van der Waals surface area contributed by atoms with Crippen LogP contribution in [0, 0.1) is 5.82 Å². The van der Waals surface area contributed by atoms with E-state index in [0.29, 0.717) is 12.8 Å². The molecule has 112 valence electrons. The molecule has 5 nitrogen and oxygen atoms in total. The average molecular weight is 286 g/mol. The monoisotopic (exact) mass is 286 g/mol. The molecule has 1 fully saturated rings. The van der Waals surface area contributed by atoms with Gasteiger partial charge < -0.3 is 25.2 Å². The lowest BCUT2D eigenvalue weighted by atomic mass is 9.92. The van der Waals surface area contributed by atoms with E-state index in [2.05, 4.69) is 0 Å². The van der Waals surface area contributed by atoms with Crippen molar-refractivity contribution in [2.45, 2.75) is 43.4 Å². The molecule has 1 saturated heterocycles. The third kappa shape index (κ3) is 3.34. The van der Waals surface area contributed by atoms with Gasteiger partial charge in [0.25, 0.3) is 0 Å². The summed E-state index contributed by atoms with van der Waals surface area (Å²) in [5.74, 6) is -0.318. The molecular formula is C14H19FO5. The predicted octanol–water partition coefficient (Wildman–Crippen LogP) is -0.399. The highest BCUT2D eigenvalue weighted by Crippen LogP contribution is 2.24. The minimum absolute atomic E-state index is 0.318. The summed E-state index contributed by atoms with van der Waals surface area (Å²) in [6.45, 7) is -0.433. The van der Waals surface area contributed by atoms with Crippen molar-refractivity contribution in [1.29, 1.82) is 0 Å². The quantitative estimate of drug-likeness (QED) is 0.605. The predicted molar refractivity (Wildman–Crippen MR) is 68.5 cm³/mol. The highest BCUT2D eigenvalue weighted by atomic mass is 19.1. The molecule has 0 saturated carbocycles. The van der Waals surface area contributed by atoms with E-state index in [1.165, 1.54) is 12.1 Å². The Labute approximate surface area is 116 Å². The highest BCUT2D eigenvalue weighted by molar-refractivity contribution is 5.16. The summed E-state index contributed by atoms with van der Waals surface area (Å²) in [5.41, 5.74) is 0.878. The van der Waals surface area contributed by atoms with Gasteiger partial charge in [-0.25, -0.2) is 4.39 Å². The number of hydrogen-bond acceptors (Lipinski definition) is 5. The van der Waals surface area contributed by atoms with Gasteiger partial charge in [-0.3, -0.25) is 0 Å². The summed E-state index contributed by atoms with van der Waals surface area (Å²) in [6, 6.07) is 5.98. The van der Waals surface area contributed by atoms with Crippen molar-refractivity contribution in [2.24, 2.45) is 0 Å². The molecule has 0 aliphatic carbocycles. The fraction of sp³-hybridized carbons (Fsp3) is 0.571. The van der Waals surface area contributed by atoms with Crippen LogP contribution in [0.4, 0.5) is 4.39 Å². The lowest BCUT2D eigenvalue weighted by Gasteiger charge is -2.40. The topological polar surface area (TPSA) is 90.2 Å². The zero-order chi connectivity index (χ0) is 14.7. The van der Waals surface area contributed by atoms with Crippen molar-refractivity contribution in [3.63, 3.8) is 0 Å². The number of aliphatic hydroxyl groups is 4. The minimum atomic E-state index is -1.35. The second-order valence-corrected chi connectivity index (χ2v) is 5.03. The lowest BCUT2D eigenvalue weighted by molar-refractivity contribution is -0.230. The van der Waals surface area contributed by atoms with Crippen LogP contribution in [0.25, 0.3) is 0 Å². The van der Waals surface area contributed by atoms with Gasteiger partial charge in [0.2, 0.25) is 0 Å². The molecule has 0 radical (unpaired) electrons. The first-order chi connectivity index (χ1) is 9.52. The molecule has 6 heteroatoms. The van der Waals surface area contributed by atoms with E-state index in [9.17, 15) is 19.7 Å². The molecular weight excluding hydrogens is 267 g/mol. The van der Waals surface area contributed by atoms with Crippen molar-refractivity contribution in [2.75, 3.05) is 6.61 Å². The van der Waals surface area contributed by atoms with Crippen molar-refractivity contribution >= 4 is 0 Å². The second-order valence-electron chi connectivity index (χ2n) is 5.03. The van der Waals surface area contributed by atoms with Crippen LogP contribution in [0.5, 0.6) is 0 Å². The molecule has 1 heterocycles. The van der Waals surface area contributed by atoms with Crippen LogP contribution in [-0.2, 0) is 11.2 Å². The Morgan fingerprint density at radius 2 is 1.55 bits per heavy atom. The van der Waals surface area contributed by atoms with Crippen LogP contribution < -0.4 is 0 Å². The Morgan fingerprint density at radius 3 is 2.15 bits per heavy atom. The maximum atomic E-state index is 12.8. The van der Waals surface area contributed by atoms with Crippen LogP contribution in [-0.4, -0.2) is 57.6 Å². The summed E-state index contributed by atoms with van der Waals surface area (Å²) in [5, 5.41) is 38.3. The van der Waals surface area contributed by atoms with Gasteiger partial charge in [-0.15, -0.1) is 0 Å². The fourth-order valence-electron chi connectivity index (χ4n) is 2.38. The molecule has 0 aromatic heterocycles. The van der Waals surface area contributed by atoms with E-state index < -0.39 is 37.1 Å². The van der Waals surface area contributed by atoms with Gasteiger partial charge in [0, 0.05) is 0 Å². The molecule has 0 bridgehead atoms. The van der Waals surface area contributed by atoms with Gasteiger partial charge in [-0.05, 0) is 30.5 Å². The zero-order valence-electron chi connectivity index (χ0n) is 10.9. The van der Waals surface area contributed by atoms with Crippen molar-refractivity contribution in [3.05, 3.63) is 35.6 Å². The number of ether oxygens (including phenoxy) is 1. The largest absolute Gasteiger partial charge is 0.394 e. The van der Waals surface area contributed by atoms with Crippen molar-refractivity contribution in [1.82, 2.24) is 0 Å². The number of rotatable bonds is 4. The van der Waals surface area contributed by atoms with E-state index in [1.807, 2.05) is 0 Å². The molecule has 0 spiro atoms. The third-order valence-electron chi connectivity index (χ3n) is 3.62. The van der Waals surface area contributed by atoms with Gasteiger partial charge >= 0.3 is 0 Å². The van der Waals surface area contributed by atoms with E-state index in [-0.39, 0.29) is 5.82 Å². The molecule has 20 heavy (non-hydrogen) atoms. The maximum Gasteiger partial charge on any atom is 0.123 e. The number of halogens is 1. The fourth-order valence-corrected chi connectivity index (χ4v) is 2.38. The standard InChI is InChI=1S/C14H19FO5/c15-9-4-1-8(2-5-9)3-6-10-12(17)14(19)13(18)11(7-16)20-10/h1-2,4-5,10-14,16-19H,3,6-7H2/t10?,11-,12+,13-,14-/m1/s1. The normalized spacial score (nSPS) is 34.1. The van der Waals surface area contributed by atoms with Gasteiger partial charge in [0.1, 0.15) is 30.2 Å². The van der Waals surface area contributed by atoms with Crippen LogP contribution in [0.15, 0.2) is 24.3 Å². The minimum Gasteiger partial charge on any atom is -0.394 e. The second kappa shape index (κ2) is 6.60. The SMILES string of the molecule is OC[C@H]1OC(CCc2ccc(F)cc2)[C@H](O)[C@@H](O)[C@@H]1O. The first kappa shape index (κ1) is 15.3. The molecule has 5 atom stereocenters. The molecule has 1 aromatic carbocycles. The molecule has 1 aromatic rings. The number of aliphatic hydroxyl groups excluding tert-OH is 4. The van der Waals surface area contributed by atoms with Crippen LogP contribution >= 0.6 is 0 Å². The van der Waals surface area contributed by atoms with E-state index in [0.717, 1.165) is 5.56 Å². The lowest BCUT2D eigenvalue weighted by Crippen LogP contribution is -2.58. The Morgan fingerprint density at radius 1 is 0.950 bits per heavy atom. The highest BCUT2D eigenvalue weighted by Gasteiger charge is 2.42. The van der Waals surface area contributed by atoms with Crippen LogP contribution in [0.1, 0.15) is 12.0 Å². The van der Waals surface area contributed by atoms with Gasteiger partial charge in [0.15, 0.2) is 0 Å². The van der Waals surface area contributed by atoms with Gasteiger partial charge in [0.05, 0.1) is 12.7 Å².